The summed E-state index contributed by atoms with van der Waals surface area (Å²) in [5, 5.41) is 8.98. The van der Waals surface area contributed by atoms with Crippen LogP contribution in [0.5, 0.6) is 0 Å². The summed E-state index contributed by atoms with van der Waals surface area (Å²) in [5.41, 5.74) is 10.0. The molecule has 5 nitrogen and oxygen atoms in total. The average molecular weight is 380 g/mol. The molecule has 2 aromatic heterocycles. The van der Waals surface area contributed by atoms with E-state index in [1.54, 1.807) is 17.5 Å². The van der Waals surface area contributed by atoms with Crippen molar-refractivity contribution >= 4 is 34.2 Å². The predicted octanol–water partition coefficient (Wildman–Crippen LogP) is -2.77. The second-order valence-electron chi connectivity index (χ2n) is 4.16. The molecule has 0 saturated carbocycles. The zero-order valence-corrected chi connectivity index (χ0v) is 14.6. The Morgan fingerprint density at radius 1 is 1.40 bits per heavy atom. The maximum atomic E-state index is 8.98. The summed E-state index contributed by atoms with van der Waals surface area (Å²) in [6.45, 7) is 4.71. The van der Waals surface area contributed by atoms with E-state index in [9.17, 15) is 0 Å². The number of halogens is 1. The third-order valence-corrected chi connectivity index (χ3v) is 4.00. The first-order chi connectivity index (χ1) is 8.61. The summed E-state index contributed by atoms with van der Waals surface area (Å²) < 4.78 is 2.11. The van der Waals surface area contributed by atoms with Crippen LogP contribution in [0, 0.1) is 13.8 Å². The zero-order chi connectivity index (χ0) is 13.1. The second kappa shape index (κ2) is 8.54. The van der Waals surface area contributed by atoms with Crippen LogP contribution >= 0.6 is 11.3 Å². The van der Waals surface area contributed by atoms with Gasteiger partial charge in [0.2, 0.25) is 5.51 Å². The quantitative estimate of drug-likeness (QED) is 0.445. The molecule has 0 atom stereocenters. The molecule has 110 valence electrons. The van der Waals surface area contributed by atoms with Crippen LogP contribution in [0.2, 0.25) is 0 Å². The Kier molecular flexibility index (Phi) is 8.23. The molecule has 2 heterocycles. The van der Waals surface area contributed by atoms with Gasteiger partial charge in [-0.1, -0.05) is 11.3 Å². The van der Waals surface area contributed by atoms with Gasteiger partial charge in [0.25, 0.3) is 0 Å². The van der Waals surface area contributed by atoms with Crippen LogP contribution in [0.1, 0.15) is 22.0 Å². The third-order valence-electron chi connectivity index (χ3n) is 2.85. The van der Waals surface area contributed by atoms with E-state index in [0.717, 1.165) is 11.3 Å². The normalized spacial score (nSPS) is 9.75. The van der Waals surface area contributed by atoms with Gasteiger partial charge in [-0.3, -0.25) is 0 Å². The van der Waals surface area contributed by atoms with Gasteiger partial charge in [0.15, 0.2) is 12.2 Å². The Morgan fingerprint density at radius 2 is 2.10 bits per heavy atom. The number of aromatic nitrogens is 3. The Morgan fingerprint density at radius 3 is 2.70 bits per heavy atom. The monoisotopic (exact) mass is 380 g/mol. The molecule has 0 aromatic carbocycles. The standard InChI is InChI=1S/C12H17N4OS.ClH.Se/c1-8-11(3-4-17)18-7-16(8)6-10-5-14-9(2)15-12(10)13;;/h5,7,17H,3-4,6H2,1-2H3,(H2,13,14,15);1H;/q+1;;/p-1. The molecule has 0 unspecified atom stereocenters. The van der Waals surface area contributed by atoms with Gasteiger partial charge in [-0.05, 0) is 6.92 Å². The molecular weight excluding hydrogens is 363 g/mol. The molecule has 2 rings (SSSR count). The van der Waals surface area contributed by atoms with E-state index >= 15 is 0 Å². The number of aliphatic hydroxyl groups excluding tert-OH is 1. The SMILES string of the molecule is Cc1ncc(C[n+]2csc(CCO)c2C)c(N)n1.[Cl-].[Se]. The van der Waals surface area contributed by atoms with Crippen molar-refractivity contribution in [1.29, 1.82) is 0 Å². The number of rotatable bonds is 4. The van der Waals surface area contributed by atoms with Crippen LogP contribution in [0.25, 0.3) is 0 Å². The fraction of sp³-hybridized carbons (Fsp3) is 0.417. The topological polar surface area (TPSA) is 75.9 Å². The van der Waals surface area contributed by atoms with Crippen molar-refractivity contribution in [3.8, 4) is 0 Å². The van der Waals surface area contributed by atoms with Crippen LogP contribution in [-0.2, 0) is 13.0 Å². The van der Waals surface area contributed by atoms with E-state index in [-0.39, 0.29) is 36.1 Å². The summed E-state index contributed by atoms with van der Waals surface area (Å²) in [5.74, 6) is 1.22. The van der Waals surface area contributed by atoms with E-state index in [1.807, 2.05) is 19.4 Å². The number of hydrogen-bond donors (Lipinski definition) is 2. The predicted molar refractivity (Wildman–Crippen MR) is 76.1 cm³/mol. The molecule has 0 fully saturated rings. The summed E-state index contributed by atoms with van der Waals surface area (Å²) in [6.07, 6.45) is 2.47. The van der Waals surface area contributed by atoms with Crippen molar-refractivity contribution in [2.24, 2.45) is 0 Å². The van der Waals surface area contributed by atoms with Gasteiger partial charge in [0, 0.05) is 43.2 Å². The number of aryl methyl sites for hydroxylation is 1. The Bertz CT molecular complexity index is 564. The van der Waals surface area contributed by atoms with E-state index in [0.29, 0.717) is 24.6 Å². The molecule has 0 aliphatic carbocycles. The number of aliphatic hydroxyl groups is 1. The molecule has 0 bridgehead atoms. The summed E-state index contributed by atoms with van der Waals surface area (Å²) in [7, 11) is 0. The van der Waals surface area contributed by atoms with E-state index < -0.39 is 0 Å². The number of nitrogens with two attached hydrogens (primary N) is 1. The minimum atomic E-state index is 0. The van der Waals surface area contributed by atoms with Crippen molar-refractivity contribution in [1.82, 2.24) is 9.97 Å². The van der Waals surface area contributed by atoms with Gasteiger partial charge in [-0.15, -0.1) is 0 Å². The first kappa shape index (κ1) is 19.3. The van der Waals surface area contributed by atoms with Gasteiger partial charge in [0.05, 0.1) is 10.4 Å². The molecule has 8 heteroatoms. The minimum absolute atomic E-state index is 0. The molecule has 3 N–H and O–H groups in total. The van der Waals surface area contributed by atoms with Gasteiger partial charge in [-0.25, -0.2) is 9.97 Å². The van der Waals surface area contributed by atoms with E-state index in [1.165, 1.54) is 4.88 Å². The molecule has 0 spiro atoms. The fourth-order valence-electron chi connectivity index (χ4n) is 1.77. The van der Waals surface area contributed by atoms with Crippen molar-refractivity contribution in [2.45, 2.75) is 26.8 Å². The van der Waals surface area contributed by atoms with E-state index in [4.69, 9.17) is 10.8 Å². The van der Waals surface area contributed by atoms with Crippen LogP contribution in [0.3, 0.4) is 0 Å². The molecule has 0 saturated heterocycles. The number of nitrogens with zero attached hydrogens (tertiary/aromatic N) is 3. The van der Waals surface area contributed by atoms with Gasteiger partial charge >= 0.3 is 0 Å². The van der Waals surface area contributed by atoms with Gasteiger partial charge in [-0.2, -0.15) is 4.57 Å². The van der Waals surface area contributed by atoms with Crippen LogP contribution < -0.4 is 22.7 Å². The molecule has 20 heavy (non-hydrogen) atoms. The summed E-state index contributed by atoms with van der Waals surface area (Å²) in [6, 6.07) is 0. The van der Waals surface area contributed by atoms with Crippen molar-refractivity contribution in [3.63, 3.8) is 0 Å². The number of nitrogen functional groups attached to an aromatic ring is 1. The number of hydrogen-bond acceptors (Lipinski definition) is 5. The number of anilines is 1. The summed E-state index contributed by atoms with van der Waals surface area (Å²) >= 11 is 1.65. The smallest absolute Gasteiger partial charge is 0.225 e. The maximum absolute atomic E-state index is 8.98. The van der Waals surface area contributed by atoms with Crippen molar-refractivity contribution in [3.05, 3.63) is 33.7 Å². The van der Waals surface area contributed by atoms with E-state index in [2.05, 4.69) is 14.5 Å². The Hall–Kier alpha value is -0.721. The van der Waals surface area contributed by atoms with Crippen molar-refractivity contribution in [2.75, 3.05) is 12.3 Å². The Balaban J connectivity index is 0.00000180. The first-order valence-electron chi connectivity index (χ1n) is 5.77. The maximum Gasteiger partial charge on any atom is 0.225 e. The second-order valence-corrected chi connectivity index (χ2v) is 5.10. The van der Waals surface area contributed by atoms with Crippen LogP contribution in [-0.4, -0.2) is 38.8 Å². The molecular formula is C12H17ClN4OSSe. The minimum Gasteiger partial charge on any atom is -1.00 e. The molecule has 2 radical (unpaired) electrons. The summed E-state index contributed by atoms with van der Waals surface area (Å²) in [4.78, 5) is 9.53. The third kappa shape index (κ3) is 4.39. The van der Waals surface area contributed by atoms with Crippen LogP contribution in [0.4, 0.5) is 5.82 Å². The molecule has 0 aliphatic heterocycles. The Labute approximate surface area is 139 Å². The molecule has 0 amide bonds. The van der Waals surface area contributed by atoms with Crippen molar-refractivity contribution < 1.29 is 22.1 Å². The fourth-order valence-corrected chi connectivity index (χ4v) is 2.75. The number of thiazole rings is 1. The van der Waals surface area contributed by atoms with Crippen LogP contribution in [0.15, 0.2) is 11.7 Å². The van der Waals surface area contributed by atoms with Gasteiger partial charge < -0.3 is 23.2 Å². The van der Waals surface area contributed by atoms with Gasteiger partial charge in [0.1, 0.15) is 11.6 Å². The molecule has 0 aliphatic rings. The zero-order valence-electron chi connectivity index (χ0n) is 11.3. The first-order valence-corrected chi connectivity index (χ1v) is 6.65. The largest absolute Gasteiger partial charge is 1.00 e. The average Bonchev–Trinajstić information content (AvgIpc) is 2.66. The molecule has 2 aromatic rings.